The van der Waals surface area contributed by atoms with Gasteiger partial charge in [-0.1, -0.05) is 30.3 Å². The maximum atomic E-state index is 13.0. The molecule has 2 aromatic heterocycles. The highest BCUT2D eigenvalue weighted by Crippen LogP contribution is 2.33. The van der Waals surface area contributed by atoms with Gasteiger partial charge >= 0.3 is 0 Å². The molecule has 0 unspecified atom stereocenters. The van der Waals surface area contributed by atoms with E-state index >= 15 is 0 Å². The minimum Gasteiger partial charge on any atom is -0.497 e. The summed E-state index contributed by atoms with van der Waals surface area (Å²) in [4.78, 5) is 27.6. The lowest BCUT2D eigenvalue weighted by atomic mass is 9.96. The molecular weight excluding hydrogens is 368 g/mol. The molecule has 0 saturated carbocycles. The highest BCUT2D eigenvalue weighted by atomic mass is 16.5. The average molecular weight is 388 g/mol. The third kappa shape index (κ3) is 3.40. The number of ether oxygens (including phenoxy) is 2. The molecule has 2 aromatic carbocycles. The number of methoxy groups -OCH3 is 1. The Hall–Kier alpha value is -3.80. The molecule has 0 bridgehead atoms. The number of nitrogens with one attached hydrogen (secondary N) is 1. The molecular formula is C23H20N2O4. The Morgan fingerprint density at radius 3 is 2.48 bits per heavy atom. The van der Waals surface area contributed by atoms with Crippen LogP contribution in [0.5, 0.6) is 11.5 Å². The molecule has 6 nitrogen and oxygen atoms in total. The highest BCUT2D eigenvalue weighted by molar-refractivity contribution is 5.98. The molecule has 4 rings (SSSR count). The van der Waals surface area contributed by atoms with E-state index in [9.17, 15) is 9.59 Å². The van der Waals surface area contributed by atoms with E-state index in [1.807, 2.05) is 36.4 Å². The van der Waals surface area contributed by atoms with Crippen LogP contribution in [0.1, 0.15) is 5.69 Å². The normalized spacial score (nSPS) is 10.8. The molecule has 29 heavy (non-hydrogen) atoms. The third-order valence-corrected chi connectivity index (χ3v) is 4.93. The van der Waals surface area contributed by atoms with Gasteiger partial charge in [0, 0.05) is 29.6 Å². The van der Waals surface area contributed by atoms with Crippen LogP contribution in [0.25, 0.3) is 21.9 Å². The fourth-order valence-corrected chi connectivity index (χ4v) is 3.43. The largest absolute Gasteiger partial charge is 0.497 e. The minimum atomic E-state index is -0.318. The number of benzene rings is 2. The molecule has 0 aliphatic heterocycles. The Morgan fingerprint density at radius 2 is 1.76 bits per heavy atom. The Bertz CT molecular complexity index is 1290. The molecule has 2 heterocycles. The number of H-pyrrole nitrogens is 1. The summed E-state index contributed by atoms with van der Waals surface area (Å²) < 4.78 is 12.8. The van der Waals surface area contributed by atoms with Gasteiger partial charge < -0.3 is 19.0 Å². The fraction of sp³-hybridized carbons (Fsp3) is 0.130. The van der Waals surface area contributed by atoms with Crippen molar-refractivity contribution >= 4 is 10.8 Å². The molecule has 4 aromatic rings. The molecule has 0 amide bonds. The maximum Gasteiger partial charge on any atom is 0.290 e. The zero-order valence-corrected chi connectivity index (χ0v) is 16.1. The van der Waals surface area contributed by atoms with Crippen molar-refractivity contribution in [2.75, 3.05) is 7.11 Å². The van der Waals surface area contributed by atoms with Crippen molar-refractivity contribution in [2.45, 2.75) is 6.61 Å². The monoisotopic (exact) mass is 388 g/mol. The SMILES string of the molecule is COc1ccc2c(=O)n(C)c(COc3ccc[nH]c3=O)c(-c3ccccc3)c2c1. The van der Waals surface area contributed by atoms with Crippen LogP contribution < -0.4 is 20.6 Å². The highest BCUT2D eigenvalue weighted by Gasteiger charge is 2.18. The van der Waals surface area contributed by atoms with E-state index in [0.717, 1.165) is 16.5 Å². The molecule has 1 N–H and O–H groups in total. The van der Waals surface area contributed by atoms with Crippen LogP contribution in [-0.2, 0) is 13.7 Å². The summed E-state index contributed by atoms with van der Waals surface area (Å²) in [5.41, 5.74) is 2.03. The number of aromatic amines is 1. The lowest BCUT2D eigenvalue weighted by molar-refractivity contribution is 0.292. The van der Waals surface area contributed by atoms with Crippen LogP contribution in [-0.4, -0.2) is 16.7 Å². The third-order valence-electron chi connectivity index (χ3n) is 4.93. The number of hydrogen-bond donors (Lipinski definition) is 1. The van der Waals surface area contributed by atoms with Crippen molar-refractivity contribution in [3.8, 4) is 22.6 Å². The van der Waals surface area contributed by atoms with Gasteiger partial charge in [-0.2, -0.15) is 0 Å². The van der Waals surface area contributed by atoms with Gasteiger partial charge in [-0.05, 0) is 35.9 Å². The maximum absolute atomic E-state index is 13.0. The van der Waals surface area contributed by atoms with Gasteiger partial charge in [0.25, 0.3) is 11.1 Å². The number of nitrogens with zero attached hydrogens (tertiary/aromatic N) is 1. The van der Waals surface area contributed by atoms with E-state index in [0.29, 0.717) is 16.8 Å². The predicted molar refractivity (Wildman–Crippen MR) is 113 cm³/mol. The second-order valence-corrected chi connectivity index (χ2v) is 6.62. The molecule has 0 spiro atoms. The number of rotatable bonds is 5. The Morgan fingerprint density at radius 1 is 0.966 bits per heavy atom. The van der Waals surface area contributed by atoms with Crippen LogP contribution in [0.15, 0.2) is 76.4 Å². The van der Waals surface area contributed by atoms with Crippen molar-refractivity contribution in [1.82, 2.24) is 9.55 Å². The smallest absolute Gasteiger partial charge is 0.290 e. The predicted octanol–water partition coefficient (Wildman–Crippen LogP) is 3.48. The van der Waals surface area contributed by atoms with E-state index in [2.05, 4.69) is 4.98 Å². The minimum absolute atomic E-state index is 0.0657. The Labute approximate surface area is 167 Å². The zero-order chi connectivity index (χ0) is 20.4. The first kappa shape index (κ1) is 18.6. The second kappa shape index (κ2) is 7.67. The summed E-state index contributed by atoms with van der Waals surface area (Å²) in [6.45, 7) is 0.0657. The van der Waals surface area contributed by atoms with Crippen LogP contribution in [0.4, 0.5) is 0 Å². The molecule has 6 heteroatoms. The molecule has 0 aliphatic carbocycles. The van der Waals surface area contributed by atoms with Crippen molar-refractivity contribution in [3.63, 3.8) is 0 Å². The fourth-order valence-electron chi connectivity index (χ4n) is 3.43. The first-order chi connectivity index (χ1) is 14.1. The molecule has 146 valence electrons. The number of fused-ring (bicyclic) bond motifs is 1. The number of hydrogen-bond acceptors (Lipinski definition) is 4. The van der Waals surface area contributed by atoms with Crippen molar-refractivity contribution < 1.29 is 9.47 Å². The molecule has 0 fully saturated rings. The summed E-state index contributed by atoms with van der Waals surface area (Å²) >= 11 is 0. The van der Waals surface area contributed by atoms with Gasteiger partial charge in [0.1, 0.15) is 12.4 Å². The van der Waals surface area contributed by atoms with Gasteiger partial charge in [-0.25, -0.2) is 0 Å². The van der Waals surface area contributed by atoms with Crippen LogP contribution in [0, 0.1) is 0 Å². The van der Waals surface area contributed by atoms with Crippen LogP contribution in [0.3, 0.4) is 0 Å². The van der Waals surface area contributed by atoms with Crippen molar-refractivity contribution in [2.24, 2.45) is 7.05 Å². The number of aromatic nitrogens is 2. The zero-order valence-electron chi connectivity index (χ0n) is 16.1. The van der Waals surface area contributed by atoms with Crippen molar-refractivity contribution in [3.05, 3.63) is 93.3 Å². The van der Waals surface area contributed by atoms with E-state index in [-0.39, 0.29) is 23.5 Å². The van der Waals surface area contributed by atoms with Crippen LogP contribution in [0.2, 0.25) is 0 Å². The lowest BCUT2D eigenvalue weighted by Gasteiger charge is -2.18. The second-order valence-electron chi connectivity index (χ2n) is 6.62. The van der Waals surface area contributed by atoms with Gasteiger partial charge in [0.05, 0.1) is 12.8 Å². The molecule has 0 saturated heterocycles. The summed E-state index contributed by atoms with van der Waals surface area (Å²) in [6.07, 6.45) is 1.54. The Kier molecular flexibility index (Phi) is 4.91. The molecule has 0 radical (unpaired) electrons. The van der Waals surface area contributed by atoms with E-state index in [4.69, 9.17) is 9.47 Å². The van der Waals surface area contributed by atoms with E-state index in [1.165, 1.54) is 0 Å². The molecule has 0 atom stereocenters. The number of pyridine rings is 2. The summed E-state index contributed by atoms with van der Waals surface area (Å²) in [6, 6.07) is 18.5. The quantitative estimate of drug-likeness (QED) is 0.568. The summed E-state index contributed by atoms with van der Waals surface area (Å²) in [5.74, 6) is 0.860. The Balaban J connectivity index is 1.97. The van der Waals surface area contributed by atoms with Gasteiger partial charge in [0.2, 0.25) is 0 Å². The first-order valence-corrected chi connectivity index (χ1v) is 9.15. The van der Waals surface area contributed by atoms with E-state index < -0.39 is 0 Å². The first-order valence-electron chi connectivity index (χ1n) is 9.15. The van der Waals surface area contributed by atoms with E-state index in [1.54, 1.807) is 49.2 Å². The van der Waals surface area contributed by atoms with Gasteiger partial charge in [-0.3, -0.25) is 9.59 Å². The molecule has 0 aliphatic rings. The van der Waals surface area contributed by atoms with Gasteiger partial charge in [0.15, 0.2) is 5.75 Å². The van der Waals surface area contributed by atoms with Crippen molar-refractivity contribution in [1.29, 1.82) is 0 Å². The summed E-state index contributed by atoms with van der Waals surface area (Å²) in [5, 5.41) is 1.37. The standard InChI is InChI=1S/C23H20N2O4/c1-25-19(14-29-20-9-6-12-24-22(20)26)21(15-7-4-3-5-8-15)18-13-16(28-2)10-11-17(18)23(25)27/h3-13H,14H2,1-2H3,(H,24,26). The van der Waals surface area contributed by atoms with Crippen LogP contribution >= 0.6 is 0 Å². The topological polar surface area (TPSA) is 73.3 Å². The lowest BCUT2D eigenvalue weighted by Crippen LogP contribution is -2.23. The van der Waals surface area contributed by atoms with Gasteiger partial charge in [-0.15, -0.1) is 0 Å². The average Bonchev–Trinajstić information content (AvgIpc) is 2.76. The summed E-state index contributed by atoms with van der Waals surface area (Å²) in [7, 11) is 3.31.